The van der Waals surface area contributed by atoms with Crippen LogP contribution >= 0.6 is 11.8 Å². The van der Waals surface area contributed by atoms with Crippen LogP contribution in [0.5, 0.6) is 0 Å². The van der Waals surface area contributed by atoms with Gasteiger partial charge in [-0.3, -0.25) is 4.98 Å². The Balaban J connectivity index is 1.82. The van der Waals surface area contributed by atoms with Gasteiger partial charge in [-0.15, -0.1) is 5.10 Å². The maximum atomic E-state index is 6.17. The van der Waals surface area contributed by atoms with Crippen LogP contribution < -0.4 is 5.73 Å². The van der Waals surface area contributed by atoms with Gasteiger partial charge in [-0.1, -0.05) is 24.6 Å². The summed E-state index contributed by atoms with van der Waals surface area (Å²) in [6.07, 6.45) is 8.44. The third-order valence-corrected chi connectivity index (χ3v) is 5.31. The van der Waals surface area contributed by atoms with Gasteiger partial charge in [-0.05, 0) is 47.9 Å². The quantitative estimate of drug-likeness (QED) is 0.854. The summed E-state index contributed by atoms with van der Waals surface area (Å²) in [4.78, 5) is 4.07. The van der Waals surface area contributed by atoms with E-state index >= 15 is 0 Å². The predicted octanol–water partition coefficient (Wildman–Crippen LogP) is 2.36. The molecule has 1 fully saturated rings. The number of aromatic nitrogens is 5. The molecule has 0 saturated heterocycles. The average Bonchev–Trinajstić information content (AvgIpc) is 3.16. The molecule has 0 amide bonds. The van der Waals surface area contributed by atoms with Gasteiger partial charge in [0.1, 0.15) is 0 Å². The van der Waals surface area contributed by atoms with E-state index in [1.165, 1.54) is 12.8 Å². The largest absolute Gasteiger partial charge is 0.327 e. The molecule has 112 valence electrons. The SMILES string of the molecule is CC(N)C(Sc1nnnn1C1CCCC1)c1ccncc1. The van der Waals surface area contributed by atoms with Crippen LogP contribution in [0.1, 0.15) is 49.5 Å². The van der Waals surface area contributed by atoms with E-state index in [0.29, 0.717) is 6.04 Å². The van der Waals surface area contributed by atoms with Crippen LogP contribution in [0.25, 0.3) is 0 Å². The molecule has 1 aliphatic carbocycles. The first-order valence-electron chi connectivity index (χ1n) is 7.35. The maximum Gasteiger partial charge on any atom is 0.210 e. The van der Waals surface area contributed by atoms with Gasteiger partial charge in [0, 0.05) is 18.4 Å². The molecule has 2 aromatic rings. The number of nitrogens with zero attached hydrogens (tertiary/aromatic N) is 5. The van der Waals surface area contributed by atoms with Crippen LogP contribution in [0, 0.1) is 0 Å². The van der Waals surface area contributed by atoms with Gasteiger partial charge >= 0.3 is 0 Å². The summed E-state index contributed by atoms with van der Waals surface area (Å²) in [5.74, 6) is 0. The Labute approximate surface area is 128 Å². The van der Waals surface area contributed by atoms with Gasteiger partial charge in [-0.25, -0.2) is 4.68 Å². The highest BCUT2D eigenvalue weighted by molar-refractivity contribution is 7.99. The molecule has 7 heteroatoms. The number of hydrogen-bond acceptors (Lipinski definition) is 6. The Hall–Kier alpha value is -1.47. The van der Waals surface area contributed by atoms with Crippen LogP contribution in [0.15, 0.2) is 29.7 Å². The zero-order valence-electron chi connectivity index (χ0n) is 12.1. The van der Waals surface area contributed by atoms with E-state index < -0.39 is 0 Å². The topological polar surface area (TPSA) is 82.5 Å². The summed E-state index contributed by atoms with van der Waals surface area (Å²) < 4.78 is 1.98. The van der Waals surface area contributed by atoms with E-state index in [-0.39, 0.29) is 11.3 Å². The van der Waals surface area contributed by atoms with E-state index in [2.05, 4.69) is 20.5 Å². The van der Waals surface area contributed by atoms with Crippen molar-refractivity contribution in [2.75, 3.05) is 0 Å². The second kappa shape index (κ2) is 6.53. The van der Waals surface area contributed by atoms with Gasteiger partial charge < -0.3 is 5.73 Å². The normalized spacial score (nSPS) is 18.8. The average molecular weight is 304 g/mol. The number of rotatable bonds is 5. The molecule has 0 bridgehead atoms. The molecule has 0 aliphatic heterocycles. The van der Waals surface area contributed by atoms with Crippen LogP contribution in [-0.2, 0) is 0 Å². The molecule has 2 atom stereocenters. The van der Waals surface area contributed by atoms with Crippen LogP contribution in [0.3, 0.4) is 0 Å². The Morgan fingerprint density at radius 3 is 2.67 bits per heavy atom. The molecule has 2 N–H and O–H groups in total. The molecule has 2 aromatic heterocycles. The van der Waals surface area contributed by atoms with Gasteiger partial charge in [0.05, 0.1) is 11.3 Å². The zero-order valence-corrected chi connectivity index (χ0v) is 12.9. The zero-order chi connectivity index (χ0) is 14.7. The molecule has 21 heavy (non-hydrogen) atoms. The molecule has 2 unspecified atom stereocenters. The predicted molar refractivity (Wildman–Crippen MR) is 81.8 cm³/mol. The minimum atomic E-state index is 0.00567. The van der Waals surface area contributed by atoms with E-state index in [1.54, 1.807) is 24.2 Å². The number of thioether (sulfide) groups is 1. The lowest BCUT2D eigenvalue weighted by Crippen LogP contribution is -2.23. The fourth-order valence-electron chi connectivity index (χ4n) is 2.79. The van der Waals surface area contributed by atoms with Gasteiger partial charge in [0.25, 0.3) is 0 Å². The summed E-state index contributed by atoms with van der Waals surface area (Å²) in [7, 11) is 0. The highest BCUT2D eigenvalue weighted by Crippen LogP contribution is 2.38. The second-order valence-corrected chi connectivity index (χ2v) is 6.63. The van der Waals surface area contributed by atoms with Crippen molar-refractivity contribution in [2.45, 2.75) is 55.1 Å². The number of nitrogens with two attached hydrogens (primary N) is 1. The van der Waals surface area contributed by atoms with E-state index in [1.807, 2.05) is 23.7 Å². The van der Waals surface area contributed by atoms with Crippen molar-refractivity contribution in [3.05, 3.63) is 30.1 Å². The summed E-state index contributed by atoms with van der Waals surface area (Å²) in [6, 6.07) is 4.45. The summed E-state index contributed by atoms with van der Waals surface area (Å²) in [5.41, 5.74) is 7.33. The van der Waals surface area contributed by atoms with E-state index in [4.69, 9.17) is 5.73 Å². The summed E-state index contributed by atoms with van der Waals surface area (Å²) in [5, 5.41) is 13.2. The van der Waals surface area contributed by atoms with Crippen molar-refractivity contribution in [3.63, 3.8) is 0 Å². The van der Waals surface area contributed by atoms with Gasteiger partial charge in [-0.2, -0.15) is 0 Å². The molecule has 0 radical (unpaired) electrons. The first-order chi connectivity index (χ1) is 10.3. The number of hydrogen-bond donors (Lipinski definition) is 1. The highest BCUT2D eigenvalue weighted by atomic mass is 32.2. The molecule has 3 rings (SSSR count). The van der Waals surface area contributed by atoms with Crippen molar-refractivity contribution in [1.82, 2.24) is 25.2 Å². The molecular formula is C14H20N6S. The molecule has 0 spiro atoms. The third-order valence-electron chi connectivity index (χ3n) is 3.88. The Morgan fingerprint density at radius 2 is 2.00 bits per heavy atom. The highest BCUT2D eigenvalue weighted by Gasteiger charge is 2.25. The van der Waals surface area contributed by atoms with Crippen molar-refractivity contribution in [1.29, 1.82) is 0 Å². The van der Waals surface area contributed by atoms with Gasteiger partial charge in [0.15, 0.2) is 0 Å². The van der Waals surface area contributed by atoms with Gasteiger partial charge in [0.2, 0.25) is 5.16 Å². The monoisotopic (exact) mass is 304 g/mol. The smallest absolute Gasteiger partial charge is 0.210 e. The third kappa shape index (κ3) is 3.24. The Bertz CT molecular complexity index is 564. The summed E-state index contributed by atoms with van der Waals surface area (Å²) >= 11 is 1.64. The molecule has 1 saturated carbocycles. The van der Waals surface area contributed by atoms with Crippen LogP contribution in [-0.4, -0.2) is 31.2 Å². The fourth-order valence-corrected chi connectivity index (χ4v) is 3.90. The van der Waals surface area contributed by atoms with Crippen molar-refractivity contribution in [3.8, 4) is 0 Å². The minimum Gasteiger partial charge on any atom is -0.327 e. The second-order valence-electron chi connectivity index (χ2n) is 5.52. The molecule has 6 nitrogen and oxygen atoms in total. The lowest BCUT2D eigenvalue weighted by molar-refractivity contribution is 0.422. The summed E-state index contributed by atoms with van der Waals surface area (Å²) in [6.45, 7) is 2.02. The van der Waals surface area contributed by atoms with Crippen LogP contribution in [0.2, 0.25) is 0 Å². The molecule has 1 aliphatic rings. The standard InChI is InChI=1S/C14H20N6S/c1-10(15)13(11-6-8-16-9-7-11)21-14-17-18-19-20(14)12-4-2-3-5-12/h6-10,12-13H,2-5,15H2,1H3. The first-order valence-corrected chi connectivity index (χ1v) is 8.23. The van der Waals surface area contributed by atoms with E-state index in [0.717, 1.165) is 23.6 Å². The Kier molecular flexibility index (Phi) is 4.50. The molecular weight excluding hydrogens is 284 g/mol. The van der Waals surface area contributed by atoms with Crippen molar-refractivity contribution >= 4 is 11.8 Å². The van der Waals surface area contributed by atoms with Crippen molar-refractivity contribution < 1.29 is 0 Å². The minimum absolute atomic E-state index is 0.00567. The molecule has 2 heterocycles. The lowest BCUT2D eigenvalue weighted by Gasteiger charge is -2.20. The maximum absolute atomic E-state index is 6.17. The van der Waals surface area contributed by atoms with E-state index in [9.17, 15) is 0 Å². The number of tetrazole rings is 1. The lowest BCUT2D eigenvalue weighted by atomic mass is 10.1. The molecule has 0 aromatic carbocycles. The Morgan fingerprint density at radius 1 is 1.29 bits per heavy atom. The first kappa shape index (κ1) is 14.5. The van der Waals surface area contributed by atoms with Crippen LogP contribution in [0.4, 0.5) is 0 Å². The number of pyridine rings is 1. The fraction of sp³-hybridized carbons (Fsp3) is 0.571. The van der Waals surface area contributed by atoms with Crippen molar-refractivity contribution in [2.24, 2.45) is 5.73 Å².